The van der Waals surface area contributed by atoms with E-state index in [-0.39, 0.29) is 0 Å². The Morgan fingerprint density at radius 1 is 0.842 bits per heavy atom. The Labute approximate surface area is 230 Å². The second-order valence-corrected chi connectivity index (χ2v) is 10.4. The van der Waals surface area contributed by atoms with Gasteiger partial charge in [0.2, 0.25) is 0 Å². The van der Waals surface area contributed by atoms with Gasteiger partial charge in [-0.1, -0.05) is 118 Å². The molecule has 0 heterocycles. The van der Waals surface area contributed by atoms with Gasteiger partial charge in [-0.2, -0.15) is 0 Å². The molecular formula is C36H42N2. The van der Waals surface area contributed by atoms with Crippen molar-refractivity contribution in [1.29, 1.82) is 0 Å². The summed E-state index contributed by atoms with van der Waals surface area (Å²) >= 11 is 0. The summed E-state index contributed by atoms with van der Waals surface area (Å²) in [6.07, 6.45) is 11.7. The minimum Gasteiger partial charge on any atom is -0.345 e. The van der Waals surface area contributed by atoms with Gasteiger partial charge in [-0.25, -0.2) is 0 Å². The molecule has 3 aromatic carbocycles. The molecule has 1 aliphatic rings. The van der Waals surface area contributed by atoms with Crippen molar-refractivity contribution < 1.29 is 0 Å². The molecule has 0 aliphatic heterocycles. The van der Waals surface area contributed by atoms with E-state index in [0.29, 0.717) is 5.92 Å². The summed E-state index contributed by atoms with van der Waals surface area (Å²) in [6, 6.07) is 28.0. The highest BCUT2D eigenvalue weighted by Crippen LogP contribution is 2.35. The first-order chi connectivity index (χ1) is 18.5. The standard InChI is InChI=1S/C36H42N2/c1-6-28(2)20-21-31-14-13-19-36(26-31)38(30(4)34-17-11-8-12-18-34)27-32-22-24-35(25-23-32)37(5)29(3)33-15-9-7-10-16-33/h7,9-10,13-16,19-26,34H,2-4,6,8,11-12,17-18,27H2,1,5H3/b21-20+. The quantitative estimate of drug-likeness (QED) is 0.241. The average molecular weight is 503 g/mol. The predicted molar refractivity (Wildman–Crippen MR) is 167 cm³/mol. The van der Waals surface area contributed by atoms with Gasteiger partial charge in [-0.05, 0) is 66.1 Å². The molecule has 0 bridgehead atoms. The van der Waals surface area contributed by atoms with Crippen molar-refractivity contribution in [3.8, 4) is 0 Å². The number of rotatable bonds is 11. The monoisotopic (exact) mass is 502 g/mol. The van der Waals surface area contributed by atoms with Crippen LogP contribution in [-0.4, -0.2) is 7.05 Å². The van der Waals surface area contributed by atoms with Gasteiger partial charge in [0.25, 0.3) is 0 Å². The van der Waals surface area contributed by atoms with E-state index in [1.165, 1.54) is 54.6 Å². The van der Waals surface area contributed by atoms with Crippen LogP contribution in [0, 0.1) is 5.92 Å². The normalized spacial score (nSPS) is 13.8. The lowest BCUT2D eigenvalue weighted by Gasteiger charge is -2.34. The Balaban J connectivity index is 1.57. The zero-order valence-electron chi connectivity index (χ0n) is 23.2. The van der Waals surface area contributed by atoms with Crippen LogP contribution in [0.5, 0.6) is 0 Å². The van der Waals surface area contributed by atoms with E-state index in [1.54, 1.807) is 0 Å². The molecule has 0 saturated heterocycles. The summed E-state index contributed by atoms with van der Waals surface area (Å²) in [4.78, 5) is 4.58. The van der Waals surface area contributed by atoms with Gasteiger partial charge in [0.05, 0.1) is 0 Å². The topological polar surface area (TPSA) is 6.48 Å². The number of hydrogen-bond donors (Lipinski definition) is 0. The van der Waals surface area contributed by atoms with Crippen molar-refractivity contribution in [3.05, 3.63) is 133 Å². The Morgan fingerprint density at radius 3 is 2.24 bits per heavy atom. The van der Waals surface area contributed by atoms with Crippen molar-refractivity contribution in [2.24, 2.45) is 5.92 Å². The van der Waals surface area contributed by atoms with Gasteiger partial charge >= 0.3 is 0 Å². The highest BCUT2D eigenvalue weighted by molar-refractivity contribution is 5.77. The Morgan fingerprint density at radius 2 is 1.55 bits per heavy atom. The Bertz CT molecular complexity index is 1260. The Hall–Kier alpha value is -3.78. The van der Waals surface area contributed by atoms with E-state index in [1.807, 2.05) is 6.07 Å². The van der Waals surface area contributed by atoms with Crippen molar-refractivity contribution in [2.75, 3.05) is 16.8 Å². The molecule has 0 radical (unpaired) electrons. The molecule has 1 aliphatic carbocycles. The third kappa shape index (κ3) is 6.95. The van der Waals surface area contributed by atoms with E-state index in [2.05, 4.69) is 128 Å². The molecule has 0 unspecified atom stereocenters. The van der Waals surface area contributed by atoms with Gasteiger partial charge in [-0.3, -0.25) is 0 Å². The summed E-state index contributed by atoms with van der Waals surface area (Å²) < 4.78 is 0. The lowest BCUT2D eigenvalue weighted by Crippen LogP contribution is -2.27. The third-order valence-electron chi connectivity index (χ3n) is 7.75. The molecule has 196 valence electrons. The van der Waals surface area contributed by atoms with Crippen molar-refractivity contribution in [3.63, 3.8) is 0 Å². The van der Waals surface area contributed by atoms with Crippen LogP contribution < -0.4 is 9.80 Å². The van der Waals surface area contributed by atoms with E-state index in [4.69, 9.17) is 0 Å². The highest BCUT2D eigenvalue weighted by atomic mass is 15.1. The number of allylic oxidation sites excluding steroid dienone is 3. The smallest absolute Gasteiger partial charge is 0.0478 e. The summed E-state index contributed by atoms with van der Waals surface area (Å²) in [5.74, 6) is 0.544. The van der Waals surface area contributed by atoms with E-state index >= 15 is 0 Å². The number of benzene rings is 3. The second-order valence-electron chi connectivity index (χ2n) is 10.4. The molecule has 0 spiro atoms. The van der Waals surface area contributed by atoms with Crippen molar-refractivity contribution >= 4 is 23.1 Å². The summed E-state index contributed by atoms with van der Waals surface area (Å²) in [6.45, 7) is 16.0. The van der Waals surface area contributed by atoms with Crippen LogP contribution in [0.4, 0.5) is 11.4 Å². The lowest BCUT2D eigenvalue weighted by atomic mass is 9.86. The number of nitrogens with zero attached hydrogens (tertiary/aromatic N) is 2. The Kier molecular flexibility index (Phi) is 9.43. The number of hydrogen-bond acceptors (Lipinski definition) is 2. The summed E-state index contributed by atoms with van der Waals surface area (Å²) in [5.41, 5.74) is 9.28. The van der Waals surface area contributed by atoms with Crippen LogP contribution in [0.2, 0.25) is 0 Å². The van der Waals surface area contributed by atoms with E-state index < -0.39 is 0 Å². The predicted octanol–water partition coefficient (Wildman–Crippen LogP) is 9.87. The number of anilines is 2. The third-order valence-corrected chi connectivity index (χ3v) is 7.75. The van der Waals surface area contributed by atoms with Crippen LogP contribution in [0.15, 0.2) is 116 Å². The van der Waals surface area contributed by atoms with Crippen molar-refractivity contribution in [1.82, 2.24) is 0 Å². The zero-order chi connectivity index (χ0) is 26.9. The first-order valence-electron chi connectivity index (χ1n) is 14.0. The van der Waals surface area contributed by atoms with Crippen molar-refractivity contribution in [2.45, 2.75) is 52.0 Å². The molecule has 3 aromatic rings. The summed E-state index contributed by atoms with van der Waals surface area (Å²) in [7, 11) is 2.08. The van der Waals surface area contributed by atoms with Gasteiger partial charge in [0, 0.05) is 36.4 Å². The fraction of sp³-hybridized carbons (Fsp3) is 0.278. The molecule has 0 N–H and O–H groups in total. The molecule has 1 fully saturated rings. The fourth-order valence-electron chi connectivity index (χ4n) is 5.13. The highest BCUT2D eigenvalue weighted by Gasteiger charge is 2.22. The average Bonchev–Trinajstić information content (AvgIpc) is 2.99. The maximum atomic E-state index is 4.64. The fourth-order valence-corrected chi connectivity index (χ4v) is 5.13. The van der Waals surface area contributed by atoms with Gasteiger partial charge in [-0.15, -0.1) is 0 Å². The van der Waals surface area contributed by atoms with Gasteiger partial charge in [0.15, 0.2) is 0 Å². The molecule has 2 nitrogen and oxygen atoms in total. The molecule has 0 atom stereocenters. The molecule has 4 rings (SSSR count). The lowest BCUT2D eigenvalue weighted by molar-refractivity contribution is 0.396. The summed E-state index contributed by atoms with van der Waals surface area (Å²) in [5, 5.41) is 0. The molecule has 0 amide bonds. The molecule has 0 aromatic heterocycles. The first kappa shape index (κ1) is 27.3. The SMILES string of the molecule is C=C(/C=C/c1cccc(N(Cc2ccc(N(C)C(=C)c3ccccc3)cc2)C(=C)C2CCCCC2)c1)CC. The minimum atomic E-state index is 0.544. The van der Waals surface area contributed by atoms with E-state index in [9.17, 15) is 0 Å². The maximum absolute atomic E-state index is 4.64. The molecule has 38 heavy (non-hydrogen) atoms. The van der Waals surface area contributed by atoms with Crippen LogP contribution in [-0.2, 0) is 6.54 Å². The van der Waals surface area contributed by atoms with Crippen LogP contribution in [0.25, 0.3) is 11.8 Å². The molecule has 1 saturated carbocycles. The maximum Gasteiger partial charge on any atom is 0.0478 e. The second kappa shape index (κ2) is 13.1. The minimum absolute atomic E-state index is 0.544. The van der Waals surface area contributed by atoms with Crippen LogP contribution >= 0.6 is 0 Å². The van der Waals surface area contributed by atoms with Gasteiger partial charge < -0.3 is 9.80 Å². The largest absolute Gasteiger partial charge is 0.345 e. The van der Waals surface area contributed by atoms with Crippen LogP contribution in [0.3, 0.4) is 0 Å². The van der Waals surface area contributed by atoms with Gasteiger partial charge in [0.1, 0.15) is 0 Å². The first-order valence-corrected chi connectivity index (χ1v) is 14.0. The van der Waals surface area contributed by atoms with E-state index in [0.717, 1.165) is 35.5 Å². The molecular weight excluding hydrogens is 460 g/mol. The zero-order valence-corrected chi connectivity index (χ0v) is 23.2. The molecule has 2 heteroatoms. The van der Waals surface area contributed by atoms with Crippen LogP contribution in [0.1, 0.15) is 62.1 Å².